The van der Waals surface area contributed by atoms with Crippen LogP contribution in [0.3, 0.4) is 0 Å². The Morgan fingerprint density at radius 3 is 2.93 bits per heavy atom. The summed E-state index contributed by atoms with van der Waals surface area (Å²) < 4.78 is 22.2. The van der Waals surface area contributed by atoms with Crippen molar-refractivity contribution in [2.24, 2.45) is 10.7 Å². The van der Waals surface area contributed by atoms with Crippen molar-refractivity contribution in [2.75, 3.05) is 12.3 Å². The van der Waals surface area contributed by atoms with Crippen LogP contribution in [-0.2, 0) is 6.42 Å². The lowest BCUT2D eigenvalue weighted by Crippen LogP contribution is -2.17. The van der Waals surface area contributed by atoms with Crippen molar-refractivity contribution in [1.82, 2.24) is 14.5 Å². The number of rotatable bonds is 1. The zero-order valence-electron chi connectivity index (χ0n) is 16.8. The van der Waals surface area contributed by atoms with Crippen molar-refractivity contribution in [3.63, 3.8) is 0 Å². The molecule has 2 bridgehead atoms. The zero-order valence-corrected chi connectivity index (χ0v) is 16.8. The molecule has 0 amide bonds. The van der Waals surface area contributed by atoms with Gasteiger partial charge in [-0.1, -0.05) is 0 Å². The highest BCUT2D eigenvalue weighted by Gasteiger charge is 2.22. The first-order valence-electron chi connectivity index (χ1n) is 9.72. The maximum atomic E-state index is 14.1. The van der Waals surface area contributed by atoms with E-state index in [9.17, 15) is 4.39 Å². The fourth-order valence-corrected chi connectivity index (χ4v) is 3.62. The molecule has 1 atom stereocenters. The van der Waals surface area contributed by atoms with Gasteiger partial charge in [-0.15, -0.1) is 0 Å². The van der Waals surface area contributed by atoms with Gasteiger partial charge >= 0.3 is 0 Å². The monoisotopic (exact) mass is 406 g/mol. The minimum Gasteiger partial charge on any atom is -0.482 e. The summed E-state index contributed by atoms with van der Waals surface area (Å²) in [5.74, 6) is 1.05. The van der Waals surface area contributed by atoms with Crippen molar-refractivity contribution in [2.45, 2.75) is 26.4 Å². The SMILES string of the molecule is CCN=C1C(=CN)Cc2nccn2-c2ccc(F)cc2[C@@H](C)Oc2cc1cnc2N. The third kappa shape index (κ3) is 3.52. The molecule has 0 unspecified atom stereocenters. The van der Waals surface area contributed by atoms with E-state index in [1.54, 1.807) is 24.5 Å². The number of halogens is 1. The van der Waals surface area contributed by atoms with E-state index in [0.29, 0.717) is 30.0 Å². The van der Waals surface area contributed by atoms with Crippen molar-refractivity contribution >= 4 is 11.5 Å². The molecule has 3 heterocycles. The van der Waals surface area contributed by atoms with E-state index in [-0.39, 0.29) is 11.6 Å². The number of hydrogen-bond donors (Lipinski definition) is 2. The molecule has 0 aliphatic carbocycles. The summed E-state index contributed by atoms with van der Waals surface area (Å²) in [6.45, 7) is 4.37. The third-order valence-electron chi connectivity index (χ3n) is 5.03. The van der Waals surface area contributed by atoms with Gasteiger partial charge < -0.3 is 20.8 Å². The minimum absolute atomic E-state index is 0.248. The Bertz CT molecular complexity index is 1150. The van der Waals surface area contributed by atoms with Crippen LogP contribution in [0.25, 0.3) is 5.69 Å². The summed E-state index contributed by atoms with van der Waals surface area (Å²) in [6.07, 6.45) is 6.68. The van der Waals surface area contributed by atoms with Crippen molar-refractivity contribution in [3.05, 3.63) is 77.4 Å². The number of aromatic nitrogens is 3. The number of fused-ring (bicyclic) bond motifs is 5. The van der Waals surface area contributed by atoms with Crippen LogP contribution in [0, 0.1) is 5.82 Å². The van der Waals surface area contributed by atoms with Crippen LogP contribution in [0.5, 0.6) is 5.75 Å². The molecule has 0 fully saturated rings. The molecule has 154 valence electrons. The highest BCUT2D eigenvalue weighted by atomic mass is 19.1. The second kappa shape index (κ2) is 7.98. The highest BCUT2D eigenvalue weighted by Crippen LogP contribution is 2.32. The van der Waals surface area contributed by atoms with Gasteiger partial charge in [0.1, 0.15) is 17.7 Å². The minimum atomic E-state index is -0.485. The van der Waals surface area contributed by atoms with E-state index < -0.39 is 6.10 Å². The zero-order chi connectivity index (χ0) is 21.3. The maximum Gasteiger partial charge on any atom is 0.166 e. The smallest absolute Gasteiger partial charge is 0.166 e. The Morgan fingerprint density at radius 1 is 1.33 bits per heavy atom. The number of ether oxygens (including phenoxy) is 1. The van der Waals surface area contributed by atoms with Gasteiger partial charge in [-0.25, -0.2) is 14.4 Å². The maximum absolute atomic E-state index is 14.1. The van der Waals surface area contributed by atoms with Gasteiger partial charge in [0.2, 0.25) is 0 Å². The number of nitrogen functional groups attached to an aromatic ring is 1. The lowest BCUT2D eigenvalue weighted by molar-refractivity contribution is 0.227. The van der Waals surface area contributed by atoms with Crippen LogP contribution in [0.1, 0.15) is 36.9 Å². The predicted octanol–water partition coefficient (Wildman–Crippen LogP) is 3.34. The van der Waals surface area contributed by atoms with E-state index in [1.165, 1.54) is 18.3 Å². The molecule has 4 rings (SSSR count). The topological polar surface area (TPSA) is 104 Å². The van der Waals surface area contributed by atoms with Crippen LogP contribution in [0.4, 0.5) is 10.2 Å². The first-order valence-corrected chi connectivity index (χ1v) is 9.72. The van der Waals surface area contributed by atoms with Gasteiger partial charge in [0.25, 0.3) is 0 Å². The normalized spacial score (nSPS) is 18.8. The van der Waals surface area contributed by atoms with Crippen molar-refractivity contribution in [3.8, 4) is 11.4 Å². The van der Waals surface area contributed by atoms with E-state index in [2.05, 4.69) is 15.0 Å². The lowest BCUT2D eigenvalue weighted by Gasteiger charge is -2.22. The van der Waals surface area contributed by atoms with Gasteiger partial charge in [-0.05, 0) is 44.3 Å². The van der Waals surface area contributed by atoms with Gasteiger partial charge in [-0.3, -0.25) is 4.99 Å². The van der Waals surface area contributed by atoms with Crippen molar-refractivity contribution < 1.29 is 9.13 Å². The third-order valence-corrected chi connectivity index (χ3v) is 5.03. The van der Waals surface area contributed by atoms with E-state index in [1.807, 2.05) is 24.6 Å². The van der Waals surface area contributed by atoms with E-state index in [4.69, 9.17) is 16.2 Å². The summed E-state index contributed by atoms with van der Waals surface area (Å²) in [6, 6.07) is 6.39. The molecule has 3 aromatic rings. The summed E-state index contributed by atoms with van der Waals surface area (Å²) in [4.78, 5) is 13.4. The summed E-state index contributed by atoms with van der Waals surface area (Å²) in [5.41, 5.74) is 15.7. The second-order valence-corrected chi connectivity index (χ2v) is 6.98. The molecule has 7 nitrogen and oxygen atoms in total. The Morgan fingerprint density at radius 2 is 2.17 bits per heavy atom. The molecule has 30 heavy (non-hydrogen) atoms. The second-order valence-electron chi connectivity index (χ2n) is 6.98. The Kier molecular flexibility index (Phi) is 5.22. The molecular weight excluding hydrogens is 383 g/mol. The number of nitrogens with two attached hydrogens (primary N) is 2. The highest BCUT2D eigenvalue weighted by molar-refractivity contribution is 6.13. The number of hydrogen-bond acceptors (Lipinski definition) is 6. The Hall–Kier alpha value is -3.68. The Labute approximate surface area is 173 Å². The largest absolute Gasteiger partial charge is 0.482 e. The molecule has 8 heteroatoms. The Balaban J connectivity index is 1.98. The molecule has 2 aromatic heterocycles. The fraction of sp³-hybridized carbons (Fsp3) is 0.227. The van der Waals surface area contributed by atoms with Crippen LogP contribution in [0.15, 0.2) is 59.6 Å². The van der Waals surface area contributed by atoms with Gasteiger partial charge in [0, 0.05) is 48.3 Å². The molecular formula is C22H23FN6O. The molecule has 0 saturated carbocycles. The number of anilines is 1. The van der Waals surface area contributed by atoms with E-state index in [0.717, 1.165) is 22.6 Å². The lowest BCUT2D eigenvalue weighted by atomic mass is 10.00. The standard InChI is InChI=1S/C22H23FN6O/c1-3-26-21-14(11-24)9-20-27-6-7-29(20)18-5-4-16(23)10-17(18)13(2)30-19-8-15(21)12-28-22(19)25/h4-8,10-13H,3,9,24H2,1-2H3,(H2,25,28)/t13-/m1/s1. The fourth-order valence-electron chi connectivity index (χ4n) is 3.62. The molecule has 0 radical (unpaired) electrons. The average Bonchev–Trinajstić information content (AvgIpc) is 3.19. The van der Waals surface area contributed by atoms with Crippen molar-refractivity contribution in [1.29, 1.82) is 0 Å². The van der Waals surface area contributed by atoms with Crippen LogP contribution in [0.2, 0.25) is 0 Å². The number of aliphatic imine (C=N–C) groups is 1. The first kappa shape index (κ1) is 19.6. The first-order chi connectivity index (χ1) is 14.5. The molecule has 0 spiro atoms. The molecule has 1 aliphatic rings. The predicted molar refractivity (Wildman–Crippen MR) is 114 cm³/mol. The van der Waals surface area contributed by atoms with E-state index >= 15 is 0 Å². The number of benzene rings is 1. The molecule has 1 aliphatic heterocycles. The summed E-state index contributed by atoms with van der Waals surface area (Å²) in [5, 5.41) is 0. The summed E-state index contributed by atoms with van der Waals surface area (Å²) >= 11 is 0. The molecule has 4 N–H and O–H groups in total. The number of pyridine rings is 1. The van der Waals surface area contributed by atoms with Crippen LogP contribution < -0.4 is 16.2 Å². The summed E-state index contributed by atoms with van der Waals surface area (Å²) in [7, 11) is 0. The van der Waals surface area contributed by atoms with Crippen LogP contribution >= 0.6 is 0 Å². The van der Waals surface area contributed by atoms with Gasteiger partial charge in [-0.2, -0.15) is 0 Å². The molecule has 0 saturated heterocycles. The van der Waals surface area contributed by atoms with Gasteiger partial charge in [0.15, 0.2) is 11.6 Å². The molecule has 1 aromatic carbocycles. The number of allylic oxidation sites excluding steroid dienone is 1. The van der Waals surface area contributed by atoms with Crippen LogP contribution in [-0.4, -0.2) is 26.8 Å². The van der Waals surface area contributed by atoms with Gasteiger partial charge in [0.05, 0.1) is 11.4 Å². The quantitative estimate of drug-likeness (QED) is 0.645. The average molecular weight is 406 g/mol. The number of nitrogens with zero attached hydrogens (tertiary/aromatic N) is 4. The number of imidazole rings is 1.